The standard InChI is InChI=1S/C21H32ClN5O3.HI/c1-26(2)20(28)13-24-21(23-12-17-5-4-10-30-17)25-16-8-9-27(14-16)18-11-15(22)6-7-19(18)29-3;/h6-7,11,16-17H,4-5,8-10,12-14H2,1-3H3,(H2,23,24,25);1H. The number of rotatable bonds is 7. The van der Waals surface area contributed by atoms with Crippen molar-refractivity contribution in [3.63, 3.8) is 0 Å². The number of halogens is 2. The van der Waals surface area contributed by atoms with Crippen molar-refractivity contribution in [2.75, 3.05) is 58.9 Å². The fourth-order valence-electron chi connectivity index (χ4n) is 3.66. The van der Waals surface area contributed by atoms with Crippen LogP contribution in [0, 0.1) is 0 Å². The van der Waals surface area contributed by atoms with Gasteiger partial charge in [-0.25, -0.2) is 4.99 Å². The molecule has 2 saturated heterocycles. The molecular formula is C21H33ClIN5O3. The van der Waals surface area contributed by atoms with E-state index in [1.807, 2.05) is 18.2 Å². The highest BCUT2D eigenvalue weighted by Crippen LogP contribution is 2.33. The molecule has 0 saturated carbocycles. The van der Waals surface area contributed by atoms with E-state index in [0.29, 0.717) is 17.5 Å². The molecule has 2 heterocycles. The maximum Gasteiger partial charge on any atom is 0.243 e. The van der Waals surface area contributed by atoms with E-state index in [1.165, 1.54) is 0 Å². The van der Waals surface area contributed by atoms with E-state index in [2.05, 4.69) is 20.5 Å². The summed E-state index contributed by atoms with van der Waals surface area (Å²) in [6.45, 7) is 3.26. The Balaban J connectivity index is 0.00000341. The monoisotopic (exact) mass is 565 g/mol. The molecule has 0 bridgehead atoms. The summed E-state index contributed by atoms with van der Waals surface area (Å²) in [6, 6.07) is 5.85. The topological polar surface area (TPSA) is 78.4 Å². The molecule has 0 aromatic heterocycles. The van der Waals surface area contributed by atoms with Gasteiger partial charge in [0.15, 0.2) is 5.96 Å². The summed E-state index contributed by atoms with van der Waals surface area (Å²) in [5, 5.41) is 7.52. The van der Waals surface area contributed by atoms with Gasteiger partial charge in [-0.1, -0.05) is 11.6 Å². The van der Waals surface area contributed by atoms with Gasteiger partial charge >= 0.3 is 0 Å². The van der Waals surface area contributed by atoms with E-state index in [0.717, 1.165) is 50.4 Å². The lowest BCUT2D eigenvalue weighted by Crippen LogP contribution is -2.47. The molecule has 0 spiro atoms. The number of nitrogens with zero attached hydrogens (tertiary/aromatic N) is 3. The lowest BCUT2D eigenvalue weighted by molar-refractivity contribution is -0.127. The van der Waals surface area contributed by atoms with Crippen LogP contribution in [0.4, 0.5) is 5.69 Å². The van der Waals surface area contributed by atoms with E-state index < -0.39 is 0 Å². The Morgan fingerprint density at radius 3 is 2.87 bits per heavy atom. The van der Waals surface area contributed by atoms with Crippen molar-refractivity contribution in [3.8, 4) is 5.75 Å². The number of carbonyl (C=O) groups is 1. The molecule has 2 N–H and O–H groups in total. The Labute approximate surface area is 206 Å². The van der Waals surface area contributed by atoms with Gasteiger partial charge in [0.05, 0.1) is 18.9 Å². The van der Waals surface area contributed by atoms with Gasteiger partial charge in [-0.2, -0.15) is 0 Å². The average molecular weight is 566 g/mol. The molecule has 8 nitrogen and oxygen atoms in total. The zero-order valence-corrected chi connectivity index (χ0v) is 21.5. The number of benzene rings is 1. The largest absolute Gasteiger partial charge is 0.495 e. The smallest absolute Gasteiger partial charge is 0.243 e. The van der Waals surface area contributed by atoms with Gasteiger partial charge in [-0.3, -0.25) is 4.79 Å². The summed E-state index contributed by atoms with van der Waals surface area (Å²) in [4.78, 5) is 20.3. The van der Waals surface area contributed by atoms with E-state index in [9.17, 15) is 4.79 Å². The van der Waals surface area contributed by atoms with Crippen LogP contribution >= 0.6 is 35.6 Å². The molecule has 0 radical (unpaired) electrons. The number of carbonyl (C=O) groups excluding carboxylic acids is 1. The van der Waals surface area contributed by atoms with Gasteiger partial charge in [-0.05, 0) is 37.5 Å². The zero-order valence-electron chi connectivity index (χ0n) is 18.4. The second-order valence-corrected chi connectivity index (χ2v) is 8.30. The number of aliphatic imine (C=N–C) groups is 1. The lowest BCUT2D eigenvalue weighted by atomic mass is 10.2. The van der Waals surface area contributed by atoms with Crippen LogP contribution in [0.1, 0.15) is 19.3 Å². The summed E-state index contributed by atoms with van der Waals surface area (Å²) in [5.41, 5.74) is 0.989. The number of hydrogen-bond donors (Lipinski definition) is 2. The van der Waals surface area contributed by atoms with Crippen LogP contribution in [0.25, 0.3) is 0 Å². The molecule has 31 heavy (non-hydrogen) atoms. The highest BCUT2D eigenvalue weighted by atomic mass is 127. The Morgan fingerprint density at radius 1 is 1.39 bits per heavy atom. The predicted molar refractivity (Wildman–Crippen MR) is 135 cm³/mol. The van der Waals surface area contributed by atoms with E-state index >= 15 is 0 Å². The van der Waals surface area contributed by atoms with Crippen molar-refractivity contribution in [1.29, 1.82) is 0 Å². The van der Waals surface area contributed by atoms with Crippen LogP contribution in [-0.4, -0.2) is 82.9 Å². The number of hydrogen-bond acceptors (Lipinski definition) is 5. The molecule has 0 aliphatic carbocycles. The molecule has 174 valence electrons. The van der Waals surface area contributed by atoms with Crippen LogP contribution < -0.4 is 20.3 Å². The molecule has 3 rings (SSSR count). The third kappa shape index (κ3) is 7.57. The number of amides is 1. The van der Waals surface area contributed by atoms with E-state index in [-0.39, 0.29) is 48.6 Å². The van der Waals surface area contributed by atoms with Crippen LogP contribution in [0.15, 0.2) is 23.2 Å². The summed E-state index contributed by atoms with van der Waals surface area (Å²) in [5.74, 6) is 1.41. The average Bonchev–Trinajstić information content (AvgIpc) is 3.41. The molecule has 2 fully saturated rings. The summed E-state index contributed by atoms with van der Waals surface area (Å²) in [6.07, 6.45) is 3.27. The SMILES string of the molecule is COc1ccc(Cl)cc1N1CCC(NC(=NCC(=O)N(C)C)NCC2CCCO2)C1.I. The first-order chi connectivity index (χ1) is 14.5. The van der Waals surface area contributed by atoms with Crippen molar-refractivity contribution in [2.24, 2.45) is 4.99 Å². The van der Waals surface area contributed by atoms with Crippen molar-refractivity contribution in [1.82, 2.24) is 15.5 Å². The molecule has 2 aliphatic rings. The first-order valence-electron chi connectivity index (χ1n) is 10.4. The molecule has 1 amide bonds. The number of guanidine groups is 1. The molecular weight excluding hydrogens is 533 g/mol. The first-order valence-corrected chi connectivity index (χ1v) is 10.8. The lowest BCUT2D eigenvalue weighted by Gasteiger charge is -2.23. The van der Waals surface area contributed by atoms with Gasteiger partial charge in [0.1, 0.15) is 12.3 Å². The van der Waals surface area contributed by atoms with Crippen LogP contribution in [0.2, 0.25) is 5.02 Å². The Bertz CT molecular complexity index is 759. The maximum absolute atomic E-state index is 12.0. The van der Waals surface area contributed by atoms with Crippen molar-refractivity contribution >= 4 is 53.1 Å². The van der Waals surface area contributed by atoms with Crippen LogP contribution in [0.3, 0.4) is 0 Å². The minimum absolute atomic E-state index is 0. The summed E-state index contributed by atoms with van der Waals surface area (Å²) < 4.78 is 11.2. The van der Waals surface area contributed by atoms with E-state index in [1.54, 1.807) is 26.1 Å². The fraction of sp³-hybridized carbons (Fsp3) is 0.619. The highest BCUT2D eigenvalue weighted by molar-refractivity contribution is 14.0. The molecule has 10 heteroatoms. The van der Waals surface area contributed by atoms with Gasteiger partial charge in [0.25, 0.3) is 0 Å². The highest BCUT2D eigenvalue weighted by Gasteiger charge is 2.26. The van der Waals surface area contributed by atoms with Gasteiger partial charge in [0.2, 0.25) is 5.91 Å². The zero-order chi connectivity index (χ0) is 21.5. The van der Waals surface area contributed by atoms with Gasteiger partial charge in [-0.15, -0.1) is 24.0 Å². The third-order valence-corrected chi connectivity index (χ3v) is 5.64. The molecule has 1 aromatic rings. The summed E-state index contributed by atoms with van der Waals surface area (Å²) in [7, 11) is 5.13. The summed E-state index contributed by atoms with van der Waals surface area (Å²) >= 11 is 6.20. The van der Waals surface area contributed by atoms with E-state index in [4.69, 9.17) is 21.1 Å². The number of ether oxygens (including phenoxy) is 2. The third-order valence-electron chi connectivity index (χ3n) is 5.40. The minimum atomic E-state index is -0.0371. The Kier molecular flexibility index (Phi) is 10.4. The van der Waals surface area contributed by atoms with Gasteiger partial charge < -0.3 is 29.9 Å². The normalized spacial score (nSPS) is 20.9. The maximum atomic E-state index is 12.0. The number of nitrogens with one attached hydrogen (secondary N) is 2. The predicted octanol–water partition coefficient (Wildman–Crippen LogP) is 2.35. The van der Waals surface area contributed by atoms with Crippen LogP contribution in [0.5, 0.6) is 5.75 Å². The van der Waals surface area contributed by atoms with Crippen molar-refractivity contribution in [3.05, 3.63) is 23.2 Å². The number of likely N-dealkylation sites (N-methyl/N-ethyl adjacent to an activating group) is 1. The second-order valence-electron chi connectivity index (χ2n) is 7.86. The van der Waals surface area contributed by atoms with Crippen molar-refractivity contribution < 1.29 is 14.3 Å². The Morgan fingerprint density at radius 2 is 2.19 bits per heavy atom. The van der Waals surface area contributed by atoms with Crippen LogP contribution in [-0.2, 0) is 9.53 Å². The molecule has 2 aliphatic heterocycles. The quantitative estimate of drug-likeness (QED) is 0.300. The van der Waals surface area contributed by atoms with Crippen molar-refractivity contribution in [2.45, 2.75) is 31.4 Å². The second kappa shape index (κ2) is 12.5. The Hall–Kier alpha value is -1.46. The fourth-order valence-corrected chi connectivity index (χ4v) is 3.82. The minimum Gasteiger partial charge on any atom is -0.495 e. The molecule has 2 unspecified atom stereocenters. The number of methoxy groups -OCH3 is 1. The molecule has 2 atom stereocenters. The first kappa shape index (κ1) is 25.8. The molecule has 1 aromatic carbocycles. The van der Waals surface area contributed by atoms with Gasteiger partial charge in [0, 0.05) is 51.4 Å². The number of anilines is 1.